The summed E-state index contributed by atoms with van der Waals surface area (Å²) in [5.41, 5.74) is -0.146. The van der Waals surface area contributed by atoms with E-state index in [1.807, 2.05) is 16.7 Å². The number of benzene rings is 1. The molecule has 2 aliphatic rings. The fourth-order valence-corrected chi connectivity index (χ4v) is 6.42. The number of ether oxygens (including phenoxy) is 1. The zero-order valence-electron chi connectivity index (χ0n) is 17.4. The van der Waals surface area contributed by atoms with Crippen LogP contribution in [0.4, 0.5) is 20.3 Å². The van der Waals surface area contributed by atoms with Crippen molar-refractivity contribution in [3.05, 3.63) is 46.1 Å². The van der Waals surface area contributed by atoms with Gasteiger partial charge in [-0.05, 0) is 44.6 Å². The minimum atomic E-state index is -4.52. The lowest BCUT2D eigenvalue weighted by atomic mass is 9.84. The number of likely N-dealkylation sites (tertiary alicyclic amines) is 1. The number of likely N-dealkylation sites (N-methyl/N-ethyl adjacent to an activating group) is 1. The highest BCUT2D eigenvalue weighted by Crippen LogP contribution is 2.43. The summed E-state index contributed by atoms with van der Waals surface area (Å²) in [6, 6.07) is 5.11. The van der Waals surface area contributed by atoms with Crippen LogP contribution in [-0.2, 0) is 14.8 Å². The highest BCUT2D eigenvalue weighted by Gasteiger charge is 2.50. The summed E-state index contributed by atoms with van der Waals surface area (Å²) in [5, 5.41) is -0.711. The number of pyridine rings is 1. The summed E-state index contributed by atoms with van der Waals surface area (Å²) in [4.78, 5) is 6.67. The Hall–Kier alpha value is -1.72. The molecular weight excluding hydrogens is 485 g/mol. The molecule has 1 aromatic heterocycles. The Balaban J connectivity index is 1.65. The number of nitrogens with zero attached hydrogens (tertiary/aromatic N) is 3. The molecule has 12 heteroatoms. The molecule has 0 unspecified atom stereocenters. The lowest BCUT2D eigenvalue weighted by molar-refractivity contribution is -0.0937. The second-order valence-electron chi connectivity index (χ2n) is 8.01. The monoisotopic (exact) mass is 506 g/mol. The van der Waals surface area contributed by atoms with Gasteiger partial charge in [0, 0.05) is 26.2 Å². The van der Waals surface area contributed by atoms with Crippen LogP contribution in [0.3, 0.4) is 0 Å². The van der Waals surface area contributed by atoms with E-state index in [2.05, 4.69) is 9.88 Å². The van der Waals surface area contributed by atoms with Crippen molar-refractivity contribution >= 4 is 44.7 Å². The fourth-order valence-electron chi connectivity index (χ4n) is 4.46. The van der Waals surface area contributed by atoms with E-state index in [-0.39, 0.29) is 27.6 Å². The summed E-state index contributed by atoms with van der Waals surface area (Å²) in [6.07, 6.45) is 1.71. The van der Waals surface area contributed by atoms with Crippen molar-refractivity contribution in [2.45, 2.75) is 29.4 Å². The molecule has 2 aromatic rings. The van der Waals surface area contributed by atoms with E-state index in [0.29, 0.717) is 19.5 Å². The van der Waals surface area contributed by atoms with E-state index in [0.717, 1.165) is 19.0 Å². The number of hydrogen-bond acceptors (Lipinski definition) is 6. The molecule has 0 spiro atoms. The van der Waals surface area contributed by atoms with E-state index >= 15 is 4.39 Å². The first-order chi connectivity index (χ1) is 15.1. The molecule has 2 atom stereocenters. The van der Waals surface area contributed by atoms with E-state index in [9.17, 15) is 12.8 Å². The molecule has 0 aliphatic carbocycles. The quantitative estimate of drug-likeness (QED) is 0.474. The number of anilines is 2. The number of halogens is 4. The van der Waals surface area contributed by atoms with Gasteiger partial charge in [0.1, 0.15) is 21.3 Å². The lowest BCUT2D eigenvalue weighted by Crippen LogP contribution is -2.61. The Morgan fingerprint density at radius 1 is 1.28 bits per heavy atom. The Morgan fingerprint density at radius 3 is 2.62 bits per heavy atom. The van der Waals surface area contributed by atoms with Gasteiger partial charge in [-0.3, -0.25) is 4.72 Å². The van der Waals surface area contributed by atoms with Gasteiger partial charge in [0.15, 0.2) is 5.82 Å². The van der Waals surface area contributed by atoms with Crippen LogP contribution in [0.1, 0.15) is 12.8 Å². The molecule has 0 bridgehead atoms. The van der Waals surface area contributed by atoms with Crippen LogP contribution in [0.2, 0.25) is 10.0 Å². The molecule has 32 heavy (non-hydrogen) atoms. The number of aromatic nitrogens is 1. The first-order valence-electron chi connectivity index (χ1n) is 9.91. The van der Waals surface area contributed by atoms with E-state index in [1.165, 1.54) is 18.2 Å². The summed E-state index contributed by atoms with van der Waals surface area (Å²) >= 11 is 12.5. The summed E-state index contributed by atoms with van der Waals surface area (Å²) in [7, 11) is -0.829. The Labute approximate surface area is 195 Å². The molecule has 1 aromatic carbocycles. The average molecular weight is 507 g/mol. The Kier molecular flexibility index (Phi) is 6.28. The molecule has 4 rings (SSSR count). The fraction of sp³-hybridized carbons (Fsp3) is 0.450. The zero-order valence-corrected chi connectivity index (χ0v) is 19.7. The van der Waals surface area contributed by atoms with Gasteiger partial charge < -0.3 is 14.5 Å². The molecule has 2 fully saturated rings. The molecule has 0 amide bonds. The van der Waals surface area contributed by atoms with Crippen molar-refractivity contribution in [2.24, 2.45) is 0 Å². The van der Waals surface area contributed by atoms with Crippen LogP contribution in [0.15, 0.2) is 29.2 Å². The van der Waals surface area contributed by atoms with Gasteiger partial charge >= 0.3 is 0 Å². The Morgan fingerprint density at radius 2 is 2.03 bits per heavy atom. The normalized spacial score (nSPS) is 23.9. The van der Waals surface area contributed by atoms with Gasteiger partial charge in [-0.15, -0.1) is 0 Å². The van der Waals surface area contributed by atoms with E-state index in [4.69, 9.17) is 27.9 Å². The van der Waals surface area contributed by atoms with Crippen molar-refractivity contribution in [1.29, 1.82) is 0 Å². The van der Waals surface area contributed by atoms with Crippen LogP contribution in [0.25, 0.3) is 0 Å². The first kappa shape index (κ1) is 23.4. The molecule has 1 N–H and O–H groups in total. The van der Waals surface area contributed by atoms with Crippen molar-refractivity contribution in [2.75, 3.05) is 43.4 Å². The van der Waals surface area contributed by atoms with Crippen molar-refractivity contribution in [3.63, 3.8) is 0 Å². The number of nitrogens with one attached hydrogen (secondary N) is 1. The van der Waals surface area contributed by atoms with Gasteiger partial charge in [-0.2, -0.15) is 4.39 Å². The van der Waals surface area contributed by atoms with Gasteiger partial charge in [0.2, 0.25) is 5.95 Å². The third-order valence-corrected chi connectivity index (χ3v) is 8.41. The third kappa shape index (κ3) is 4.03. The maximum atomic E-state index is 15.2. The van der Waals surface area contributed by atoms with Gasteiger partial charge in [0.25, 0.3) is 10.0 Å². The van der Waals surface area contributed by atoms with Gasteiger partial charge in [-0.25, -0.2) is 17.8 Å². The molecule has 2 aliphatic heterocycles. The van der Waals surface area contributed by atoms with Gasteiger partial charge in [0.05, 0.1) is 10.7 Å². The van der Waals surface area contributed by atoms with Crippen LogP contribution < -0.4 is 9.62 Å². The van der Waals surface area contributed by atoms with E-state index in [1.54, 1.807) is 7.11 Å². The Bertz CT molecular complexity index is 1150. The number of hydrogen-bond donors (Lipinski definition) is 1. The molecule has 0 saturated carbocycles. The zero-order chi connectivity index (χ0) is 23.3. The molecule has 7 nitrogen and oxygen atoms in total. The molecule has 174 valence electrons. The maximum Gasteiger partial charge on any atom is 0.267 e. The minimum Gasteiger partial charge on any atom is -0.375 e. The van der Waals surface area contributed by atoms with Gasteiger partial charge in [-0.1, -0.05) is 29.3 Å². The maximum absolute atomic E-state index is 15.2. The third-order valence-electron chi connectivity index (χ3n) is 6.23. The standard InChI is InChI=1S/C20H22Cl2F2N4O3S/c1-27-8-6-14(27)20(31-2)7-9-28(11-20)13-10-12(21)19(18(24)17(13)22)32(29,30)26-16-5-3-4-15(23)25-16/h3-5,10,14H,6-9,11H2,1-2H3,(H,25,26)/t14-,20+/m1/s1. The van der Waals surface area contributed by atoms with Crippen molar-refractivity contribution in [3.8, 4) is 0 Å². The predicted molar refractivity (Wildman–Crippen MR) is 119 cm³/mol. The van der Waals surface area contributed by atoms with Crippen LogP contribution in [-0.4, -0.2) is 63.7 Å². The van der Waals surface area contributed by atoms with Crippen molar-refractivity contribution < 1.29 is 21.9 Å². The van der Waals surface area contributed by atoms with E-state index < -0.39 is 32.3 Å². The molecular formula is C20H22Cl2F2N4O3S. The summed E-state index contributed by atoms with van der Waals surface area (Å²) < 4.78 is 62.0. The van der Waals surface area contributed by atoms with Crippen LogP contribution in [0, 0.1) is 11.8 Å². The topological polar surface area (TPSA) is 74.8 Å². The smallest absolute Gasteiger partial charge is 0.267 e. The average Bonchev–Trinajstić information content (AvgIpc) is 3.13. The summed E-state index contributed by atoms with van der Waals surface area (Å²) in [5.74, 6) is -2.39. The first-order valence-corrected chi connectivity index (χ1v) is 12.1. The van der Waals surface area contributed by atoms with Crippen molar-refractivity contribution in [1.82, 2.24) is 9.88 Å². The number of methoxy groups -OCH3 is 1. The lowest BCUT2D eigenvalue weighted by Gasteiger charge is -2.48. The molecule has 2 saturated heterocycles. The number of rotatable bonds is 6. The number of sulfonamides is 1. The second kappa shape index (κ2) is 8.57. The predicted octanol–water partition coefficient (Wildman–Crippen LogP) is 3.77. The SMILES string of the molecule is CO[C@@]1([C@H]2CCN2C)CCN(c2cc(Cl)c(S(=O)(=O)Nc3cccc(F)n3)c(F)c2Cl)C1. The van der Waals surface area contributed by atoms with Crippen LogP contribution >= 0.6 is 23.2 Å². The highest BCUT2D eigenvalue weighted by atomic mass is 35.5. The van der Waals surface area contributed by atoms with Crippen LogP contribution in [0.5, 0.6) is 0 Å². The second-order valence-corrected chi connectivity index (χ2v) is 10.4. The molecule has 3 heterocycles. The highest BCUT2D eigenvalue weighted by molar-refractivity contribution is 7.92. The summed E-state index contributed by atoms with van der Waals surface area (Å²) in [6.45, 7) is 1.99. The minimum absolute atomic E-state index is 0.235. The molecule has 0 radical (unpaired) electrons. The largest absolute Gasteiger partial charge is 0.375 e.